The molecule has 6 nitrogen and oxygen atoms in total. The Kier molecular flexibility index (Phi) is 11.4. The molecule has 0 aliphatic heterocycles. The Morgan fingerprint density at radius 2 is 1.76 bits per heavy atom. The third-order valence-corrected chi connectivity index (χ3v) is 3.98. The molecule has 2 aromatic carbocycles. The second-order valence-corrected chi connectivity index (χ2v) is 6.32. The van der Waals surface area contributed by atoms with E-state index in [2.05, 4.69) is 10.3 Å². The lowest BCUT2D eigenvalue weighted by atomic mass is 10.2. The van der Waals surface area contributed by atoms with Gasteiger partial charge in [-0.05, 0) is 48.9 Å². The minimum Gasteiger partial charge on any atom is -0.497 e. The van der Waals surface area contributed by atoms with Gasteiger partial charge in [0, 0.05) is 20.1 Å². The molecule has 160 valence electrons. The highest BCUT2D eigenvalue weighted by molar-refractivity contribution is 14.0. The van der Waals surface area contributed by atoms with E-state index in [-0.39, 0.29) is 42.9 Å². The van der Waals surface area contributed by atoms with E-state index in [4.69, 9.17) is 9.47 Å². The van der Waals surface area contributed by atoms with Crippen LogP contribution in [-0.2, 0) is 6.54 Å². The van der Waals surface area contributed by atoms with E-state index in [1.165, 1.54) is 24.3 Å². The summed E-state index contributed by atoms with van der Waals surface area (Å²) in [6, 6.07) is 13.5. The molecule has 2 N–H and O–H groups in total. The molecule has 0 heterocycles. The third kappa shape index (κ3) is 8.86. The molecule has 0 bridgehead atoms. The van der Waals surface area contributed by atoms with Crippen LogP contribution in [0.25, 0.3) is 0 Å². The van der Waals surface area contributed by atoms with Crippen LogP contribution in [0.3, 0.4) is 0 Å². The molecular weight excluding hydrogens is 488 g/mol. The van der Waals surface area contributed by atoms with E-state index in [9.17, 15) is 9.50 Å². The predicted octanol–water partition coefficient (Wildman–Crippen LogP) is 3.29. The molecule has 0 aromatic heterocycles. The van der Waals surface area contributed by atoms with Crippen molar-refractivity contribution in [2.75, 3.05) is 33.9 Å². The summed E-state index contributed by atoms with van der Waals surface area (Å²) in [5.41, 5.74) is 1.12. The van der Waals surface area contributed by atoms with Crippen molar-refractivity contribution in [3.8, 4) is 11.5 Å². The first kappa shape index (κ1) is 25.0. The van der Waals surface area contributed by atoms with Crippen molar-refractivity contribution in [1.29, 1.82) is 0 Å². The number of aliphatic imine (C=N–C) groups is 1. The molecule has 0 aliphatic rings. The van der Waals surface area contributed by atoms with Crippen molar-refractivity contribution >= 4 is 29.9 Å². The summed E-state index contributed by atoms with van der Waals surface area (Å²) < 4.78 is 23.5. The van der Waals surface area contributed by atoms with Gasteiger partial charge in [-0.3, -0.25) is 4.99 Å². The molecule has 29 heavy (non-hydrogen) atoms. The predicted molar refractivity (Wildman–Crippen MR) is 124 cm³/mol. The SMILES string of the molecule is CCNC(=NCC(O)COc1ccc(F)cc1)N(C)Cc1ccc(OC)cc1.I. The molecule has 0 amide bonds. The van der Waals surface area contributed by atoms with Crippen LogP contribution in [0, 0.1) is 5.82 Å². The van der Waals surface area contributed by atoms with Crippen molar-refractivity contribution in [3.63, 3.8) is 0 Å². The van der Waals surface area contributed by atoms with Gasteiger partial charge in [0.25, 0.3) is 0 Å². The molecule has 0 saturated carbocycles. The van der Waals surface area contributed by atoms with Crippen LogP contribution in [0.2, 0.25) is 0 Å². The zero-order valence-electron chi connectivity index (χ0n) is 17.0. The lowest BCUT2D eigenvalue weighted by molar-refractivity contribution is 0.114. The van der Waals surface area contributed by atoms with Gasteiger partial charge in [0.1, 0.15) is 30.0 Å². The average molecular weight is 517 g/mol. The second kappa shape index (κ2) is 13.2. The summed E-state index contributed by atoms with van der Waals surface area (Å²) in [4.78, 5) is 6.47. The number of nitrogens with zero attached hydrogens (tertiary/aromatic N) is 2. The van der Waals surface area contributed by atoms with E-state index in [1.807, 2.05) is 43.1 Å². The van der Waals surface area contributed by atoms with E-state index in [0.29, 0.717) is 24.8 Å². The molecule has 0 spiro atoms. The van der Waals surface area contributed by atoms with Crippen molar-refractivity contribution < 1.29 is 19.0 Å². The highest BCUT2D eigenvalue weighted by atomic mass is 127. The minimum absolute atomic E-state index is 0. The molecule has 0 saturated heterocycles. The number of halogens is 2. The van der Waals surface area contributed by atoms with Gasteiger partial charge >= 0.3 is 0 Å². The van der Waals surface area contributed by atoms with Crippen molar-refractivity contribution in [3.05, 3.63) is 59.9 Å². The fourth-order valence-corrected chi connectivity index (χ4v) is 2.52. The van der Waals surface area contributed by atoms with Crippen LogP contribution in [0.15, 0.2) is 53.5 Å². The van der Waals surface area contributed by atoms with E-state index in [1.54, 1.807) is 7.11 Å². The Balaban J connectivity index is 0.00000420. The molecule has 2 rings (SSSR count). The fraction of sp³-hybridized carbons (Fsp3) is 0.381. The van der Waals surface area contributed by atoms with Crippen LogP contribution in [0.1, 0.15) is 12.5 Å². The standard InChI is InChI=1S/C21H28FN3O3.HI/c1-4-23-21(25(2)14-16-5-9-19(27-3)10-6-16)24-13-18(26)15-28-20-11-7-17(22)8-12-20;/h5-12,18,26H,4,13-15H2,1-3H3,(H,23,24);1H. The highest BCUT2D eigenvalue weighted by Gasteiger charge is 2.10. The Morgan fingerprint density at radius 3 is 2.34 bits per heavy atom. The Hall–Kier alpha value is -2.07. The number of hydrogen-bond donors (Lipinski definition) is 2. The van der Waals surface area contributed by atoms with Crippen LogP contribution in [0.5, 0.6) is 11.5 Å². The molecule has 1 unspecified atom stereocenters. The average Bonchev–Trinajstić information content (AvgIpc) is 2.71. The smallest absolute Gasteiger partial charge is 0.194 e. The number of rotatable bonds is 9. The lowest BCUT2D eigenvalue weighted by Gasteiger charge is -2.22. The number of aliphatic hydroxyl groups is 1. The first-order valence-electron chi connectivity index (χ1n) is 9.20. The summed E-state index contributed by atoms with van der Waals surface area (Å²) in [5.74, 6) is 1.69. The van der Waals surface area contributed by atoms with Crippen LogP contribution >= 0.6 is 24.0 Å². The van der Waals surface area contributed by atoms with Crippen LogP contribution in [-0.4, -0.2) is 55.9 Å². The van der Waals surface area contributed by atoms with E-state index in [0.717, 1.165) is 11.3 Å². The van der Waals surface area contributed by atoms with Gasteiger partial charge in [0.2, 0.25) is 0 Å². The zero-order valence-corrected chi connectivity index (χ0v) is 19.3. The van der Waals surface area contributed by atoms with Gasteiger partial charge in [0.15, 0.2) is 5.96 Å². The zero-order chi connectivity index (χ0) is 20.4. The summed E-state index contributed by atoms with van der Waals surface area (Å²) in [5, 5.41) is 13.4. The van der Waals surface area contributed by atoms with Crippen molar-refractivity contribution in [2.45, 2.75) is 19.6 Å². The normalized spacial score (nSPS) is 12.0. The maximum absolute atomic E-state index is 12.9. The fourth-order valence-electron chi connectivity index (χ4n) is 2.52. The Morgan fingerprint density at radius 1 is 1.14 bits per heavy atom. The minimum atomic E-state index is -0.770. The largest absolute Gasteiger partial charge is 0.497 e. The summed E-state index contributed by atoms with van der Waals surface area (Å²) >= 11 is 0. The number of ether oxygens (including phenoxy) is 2. The van der Waals surface area contributed by atoms with Crippen LogP contribution < -0.4 is 14.8 Å². The number of methoxy groups -OCH3 is 1. The topological polar surface area (TPSA) is 66.3 Å². The molecule has 0 fully saturated rings. The molecule has 0 radical (unpaired) electrons. The maximum atomic E-state index is 12.9. The first-order valence-corrected chi connectivity index (χ1v) is 9.20. The Labute approximate surface area is 188 Å². The number of guanidine groups is 1. The maximum Gasteiger partial charge on any atom is 0.194 e. The monoisotopic (exact) mass is 517 g/mol. The molecule has 8 heteroatoms. The number of hydrogen-bond acceptors (Lipinski definition) is 4. The van der Waals surface area contributed by atoms with Crippen LogP contribution in [0.4, 0.5) is 4.39 Å². The van der Waals surface area contributed by atoms with Gasteiger partial charge in [0.05, 0.1) is 13.7 Å². The lowest BCUT2D eigenvalue weighted by Crippen LogP contribution is -2.39. The quantitative estimate of drug-likeness (QED) is 0.304. The summed E-state index contributed by atoms with van der Waals surface area (Å²) in [6.07, 6.45) is -0.770. The molecular formula is C21H29FIN3O3. The number of aliphatic hydroxyl groups excluding tert-OH is 1. The summed E-state index contributed by atoms with van der Waals surface area (Å²) in [6.45, 7) is 3.64. The number of nitrogens with one attached hydrogen (secondary N) is 1. The van der Waals surface area contributed by atoms with Gasteiger partial charge in [-0.15, -0.1) is 24.0 Å². The second-order valence-electron chi connectivity index (χ2n) is 6.32. The van der Waals surface area contributed by atoms with E-state index >= 15 is 0 Å². The van der Waals surface area contributed by atoms with Gasteiger partial charge in [-0.2, -0.15) is 0 Å². The third-order valence-electron chi connectivity index (χ3n) is 3.98. The first-order chi connectivity index (χ1) is 13.5. The van der Waals surface area contributed by atoms with Gasteiger partial charge in [-0.25, -0.2) is 4.39 Å². The molecule has 0 aliphatic carbocycles. The van der Waals surface area contributed by atoms with Gasteiger partial charge < -0.3 is 24.8 Å². The number of benzene rings is 2. The van der Waals surface area contributed by atoms with Gasteiger partial charge in [-0.1, -0.05) is 12.1 Å². The summed E-state index contributed by atoms with van der Waals surface area (Å²) in [7, 11) is 3.58. The van der Waals surface area contributed by atoms with E-state index < -0.39 is 6.10 Å². The van der Waals surface area contributed by atoms with Crippen molar-refractivity contribution in [1.82, 2.24) is 10.2 Å². The highest BCUT2D eigenvalue weighted by Crippen LogP contribution is 2.13. The Bertz CT molecular complexity index is 742. The van der Waals surface area contributed by atoms with Crippen molar-refractivity contribution in [2.24, 2.45) is 4.99 Å². The molecule has 1 atom stereocenters. The molecule has 2 aromatic rings.